The summed E-state index contributed by atoms with van der Waals surface area (Å²) in [5.41, 5.74) is 0.333. The van der Waals surface area contributed by atoms with Crippen LogP contribution in [0.15, 0.2) is 24.5 Å². The van der Waals surface area contributed by atoms with E-state index in [2.05, 4.69) is 27.0 Å². The molecule has 128 valence electrons. The van der Waals surface area contributed by atoms with Gasteiger partial charge in [0.15, 0.2) is 5.69 Å². The number of amides is 1. The number of methoxy groups -OCH3 is 1. The molecule has 1 unspecified atom stereocenters. The number of carbonyl (C=O) groups excluding carboxylic acids is 1. The zero-order valence-corrected chi connectivity index (χ0v) is 14.2. The summed E-state index contributed by atoms with van der Waals surface area (Å²) in [6.45, 7) is 5.11. The maximum Gasteiger partial charge on any atom is 0.274 e. The topological polar surface area (TPSA) is 76.4 Å². The monoisotopic (exact) mass is 330 g/mol. The number of piperazine rings is 1. The third kappa shape index (κ3) is 3.09. The molecule has 24 heavy (non-hydrogen) atoms. The van der Waals surface area contributed by atoms with E-state index in [1.807, 2.05) is 22.7 Å². The molecule has 0 aromatic carbocycles. The van der Waals surface area contributed by atoms with Gasteiger partial charge in [0.1, 0.15) is 5.82 Å². The van der Waals surface area contributed by atoms with Crippen LogP contribution in [0.3, 0.4) is 0 Å². The van der Waals surface area contributed by atoms with E-state index in [-0.39, 0.29) is 11.9 Å². The first-order valence-electron chi connectivity index (χ1n) is 8.02. The maximum atomic E-state index is 12.7. The molecule has 1 aliphatic heterocycles. The van der Waals surface area contributed by atoms with E-state index in [0.717, 1.165) is 18.9 Å². The van der Waals surface area contributed by atoms with Crippen LogP contribution in [-0.4, -0.2) is 68.7 Å². The Kier molecular flexibility index (Phi) is 4.75. The SMILES string of the molecule is CCN1CCN(C(=O)c2ccc(OC)nn2)CC1c1nccn1C. The summed E-state index contributed by atoms with van der Waals surface area (Å²) in [4.78, 5) is 21.4. The van der Waals surface area contributed by atoms with E-state index in [0.29, 0.717) is 24.7 Å². The molecular weight excluding hydrogens is 308 g/mol. The summed E-state index contributed by atoms with van der Waals surface area (Å²) in [6, 6.07) is 3.38. The number of likely N-dealkylation sites (N-methyl/N-ethyl adjacent to an activating group) is 1. The summed E-state index contributed by atoms with van der Waals surface area (Å²) in [5, 5.41) is 7.85. The van der Waals surface area contributed by atoms with Gasteiger partial charge in [-0.05, 0) is 12.6 Å². The van der Waals surface area contributed by atoms with Crippen molar-refractivity contribution in [3.05, 3.63) is 36.0 Å². The molecule has 1 fully saturated rings. The molecule has 1 amide bonds. The van der Waals surface area contributed by atoms with E-state index in [4.69, 9.17) is 4.74 Å². The van der Waals surface area contributed by atoms with Crippen molar-refractivity contribution in [3.63, 3.8) is 0 Å². The highest BCUT2D eigenvalue weighted by Gasteiger charge is 2.32. The van der Waals surface area contributed by atoms with Gasteiger partial charge in [0.05, 0.1) is 13.2 Å². The normalized spacial score (nSPS) is 18.6. The molecule has 2 aromatic rings. The molecule has 8 nitrogen and oxygen atoms in total. The Morgan fingerprint density at radius 2 is 2.17 bits per heavy atom. The van der Waals surface area contributed by atoms with Gasteiger partial charge in [0.25, 0.3) is 5.91 Å². The summed E-state index contributed by atoms with van der Waals surface area (Å²) < 4.78 is 6.99. The van der Waals surface area contributed by atoms with Crippen LogP contribution < -0.4 is 4.74 Å². The van der Waals surface area contributed by atoms with E-state index in [1.165, 1.54) is 7.11 Å². The minimum atomic E-state index is -0.111. The van der Waals surface area contributed by atoms with E-state index < -0.39 is 0 Å². The van der Waals surface area contributed by atoms with Crippen molar-refractivity contribution < 1.29 is 9.53 Å². The Morgan fingerprint density at radius 1 is 1.33 bits per heavy atom. The lowest BCUT2D eigenvalue weighted by atomic mass is 10.1. The first-order valence-corrected chi connectivity index (χ1v) is 8.02. The predicted octanol–water partition coefficient (Wildman–Crippen LogP) is 0.738. The lowest BCUT2D eigenvalue weighted by molar-refractivity contribution is 0.0466. The standard InChI is InChI=1S/C16H22N6O2/c1-4-21-9-10-22(11-13(21)15-17-7-8-20(15)2)16(23)12-5-6-14(24-3)19-18-12/h5-8,13H,4,9-11H2,1-3H3. The van der Waals surface area contributed by atoms with Crippen LogP contribution in [0, 0.1) is 0 Å². The van der Waals surface area contributed by atoms with Crippen molar-refractivity contribution in [2.75, 3.05) is 33.3 Å². The van der Waals surface area contributed by atoms with Crippen LogP contribution in [0.2, 0.25) is 0 Å². The Hall–Kier alpha value is -2.48. The smallest absolute Gasteiger partial charge is 0.274 e. The molecule has 3 rings (SSSR count). The van der Waals surface area contributed by atoms with Gasteiger partial charge >= 0.3 is 0 Å². The van der Waals surface area contributed by atoms with Crippen LogP contribution in [-0.2, 0) is 7.05 Å². The third-order valence-electron chi connectivity index (χ3n) is 4.41. The predicted molar refractivity (Wildman–Crippen MR) is 87.7 cm³/mol. The average Bonchev–Trinajstić information content (AvgIpc) is 3.06. The molecule has 0 aliphatic carbocycles. The van der Waals surface area contributed by atoms with Crippen molar-refractivity contribution >= 4 is 5.91 Å². The van der Waals surface area contributed by atoms with Gasteiger partial charge in [0.2, 0.25) is 5.88 Å². The quantitative estimate of drug-likeness (QED) is 0.823. The van der Waals surface area contributed by atoms with Gasteiger partial charge in [-0.2, -0.15) is 0 Å². The second kappa shape index (κ2) is 6.96. The molecule has 1 aliphatic rings. The summed E-state index contributed by atoms with van der Waals surface area (Å²) >= 11 is 0. The maximum absolute atomic E-state index is 12.7. The second-order valence-electron chi connectivity index (χ2n) is 5.75. The van der Waals surface area contributed by atoms with Gasteiger partial charge in [-0.1, -0.05) is 6.92 Å². The Balaban J connectivity index is 1.79. The fraction of sp³-hybridized carbons (Fsp3) is 0.500. The van der Waals surface area contributed by atoms with Crippen molar-refractivity contribution in [1.82, 2.24) is 29.5 Å². The number of aromatic nitrogens is 4. The van der Waals surface area contributed by atoms with Crippen LogP contribution in [0.25, 0.3) is 0 Å². The number of imidazole rings is 1. The highest BCUT2D eigenvalue weighted by molar-refractivity contribution is 5.92. The molecule has 0 saturated carbocycles. The highest BCUT2D eigenvalue weighted by Crippen LogP contribution is 2.24. The first kappa shape index (κ1) is 16.4. The largest absolute Gasteiger partial charge is 0.480 e. The molecule has 0 radical (unpaired) electrons. The molecular formula is C16H22N6O2. The molecule has 3 heterocycles. The number of carbonyl (C=O) groups is 1. The van der Waals surface area contributed by atoms with Crippen LogP contribution >= 0.6 is 0 Å². The third-order valence-corrected chi connectivity index (χ3v) is 4.41. The number of ether oxygens (including phenoxy) is 1. The van der Waals surface area contributed by atoms with Gasteiger partial charge < -0.3 is 14.2 Å². The molecule has 0 bridgehead atoms. The zero-order chi connectivity index (χ0) is 17.1. The zero-order valence-electron chi connectivity index (χ0n) is 14.2. The van der Waals surface area contributed by atoms with Crippen molar-refractivity contribution in [3.8, 4) is 5.88 Å². The van der Waals surface area contributed by atoms with Crippen molar-refractivity contribution in [1.29, 1.82) is 0 Å². The summed E-state index contributed by atoms with van der Waals surface area (Å²) in [7, 11) is 3.50. The van der Waals surface area contributed by atoms with E-state index in [9.17, 15) is 4.79 Å². The lowest BCUT2D eigenvalue weighted by Gasteiger charge is -2.40. The van der Waals surface area contributed by atoms with Gasteiger partial charge in [-0.25, -0.2) is 4.98 Å². The highest BCUT2D eigenvalue weighted by atomic mass is 16.5. The number of aryl methyl sites for hydroxylation is 1. The van der Waals surface area contributed by atoms with Gasteiger partial charge in [-0.3, -0.25) is 9.69 Å². The second-order valence-corrected chi connectivity index (χ2v) is 5.75. The molecule has 2 aromatic heterocycles. The minimum Gasteiger partial charge on any atom is -0.480 e. The first-order chi connectivity index (χ1) is 11.6. The molecule has 0 N–H and O–H groups in total. The van der Waals surface area contributed by atoms with E-state index in [1.54, 1.807) is 18.3 Å². The Morgan fingerprint density at radius 3 is 2.75 bits per heavy atom. The molecule has 1 saturated heterocycles. The van der Waals surface area contributed by atoms with Crippen LogP contribution in [0.4, 0.5) is 0 Å². The van der Waals surface area contributed by atoms with Gasteiger partial charge in [-0.15, -0.1) is 10.2 Å². The number of nitrogens with zero attached hydrogens (tertiary/aromatic N) is 6. The summed E-state index contributed by atoms with van der Waals surface area (Å²) in [5.74, 6) is 1.25. The van der Waals surface area contributed by atoms with E-state index >= 15 is 0 Å². The van der Waals surface area contributed by atoms with Crippen molar-refractivity contribution in [2.45, 2.75) is 13.0 Å². The molecule has 8 heteroatoms. The molecule has 0 spiro atoms. The number of hydrogen-bond acceptors (Lipinski definition) is 6. The lowest BCUT2D eigenvalue weighted by Crippen LogP contribution is -2.51. The number of rotatable bonds is 4. The fourth-order valence-corrected chi connectivity index (χ4v) is 3.03. The van der Waals surface area contributed by atoms with Crippen molar-refractivity contribution in [2.24, 2.45) is 7.05 Å². The van der Waals surface area contributed by atoms with Crippen LogP contribution in [0.1, 0.15) is 29.3 Å². The summed E-state index contributed by atoms with van der Waals surface area (Å²) in [6.07, 6.45) is 3.72. The van der Waals surface area contributed by atoms with Crippen LogP contribution in [0.5, 0.6) is 5.88 Å². The average molecular weight is 330 g/mol. The fourth-order valence-electron chi connectivity index (χ4n) is 3.03. The minimum absolute atomic E-state index is 0.0823. The van der Waals surface area contributed by atoms with Gasteiger partial charge in [0, 0.05) is 45.1 Å². The Labute approximate surface area is 141 Å². The number of hydrogen-bond donors (Lipinski definition) is 0. The Bertz CT molecular complexity index is 699. The molecule has 1 atom stereocenters.